The Labute approximate surface area is 189 Å². The van der Waals surface area contributed by atoms with E-state index in [1.165, 1.54) is 11.1 Å². The van der Waals surface area contributed by atoms with Crippen molar-refractivity contribution in [2.45, 2.75) is 44.7 Å². The normalized spacial score (nSPS) is 17.2. The summed E-state index contributed by atoms with van der Waals surface area (Å²) in [6.07, 6.45) is 2.61. The van der Waals surface area contributed by atoms with Gasteiger partial charge < -0.3 is 9.47 Å². The monoisotopic (exact) mass is 423 g/mol. The molecule has 0 N–H and O–H groups in total. The van der Waals surface area contributed by atoms with Gasteiger partial charge in [-0.3, -0.25) is 4.79 Å². The Bertz CT molecular complexity index is 1200. The van der Waals surface area contributed by atoms with E-state index in [4.69, 9.17) is 4.98 Å². The fourth-order valence-electron chi connectivity index (χ4n) is 4.92. The van der Waals surface area contributed by atoms with Crippen molar-refractivity contribution in [1.82, 2.24) is 14.5 Å². The van der Waals surface area contributed by atoms with E-state index in [-0.39, 0.29) is 17.9 Å². The number of hydrogen-bond acceptors (Lipinski definition) is 2. The number of hydrogen-bond donors (Lipinski definition) is 0. The number of likely N-dealkylation sites (tertiary alicyclic amines) is 1. The number of fused-ring (bicyclic) bond motifs is 1. The van der Waals surface area contributed by atoms with Gasteiger partial charge in [0.15, 0.2) is 0 Å². The molecule has 0 spiro atoms. The van der Waals surface area contributed by atoms with Crippen LogP contribution in [0.15, 0.2) is 84.9 Å². The van der Waals surface area contributed by atoms with Gasteiger partial charge >= 0.3 is 0 Å². The number of carbonyl (C=O) groups excluding carboxylic acids is 1. The number of aryl methyl sites for hydroxylation is 2. The zero-order valence-electron chi connectivity index (χ0n) is 18.5. The fourth-order valence-corrected chi connectivity index (χ4v) is 4.92. The van der Waals surface area contributed by atoms with Crippen LogP contribution in [0, 0.1) is 0 Å². The van der Waals surface area contributed by atoms with Gasteiger partial charge in [-0.25, -0.2) is 4.98 Å². The third-order valence-corrected chi connectivity index (χ3v) is 6.65. The molecular weight excluding hydrogens is 394 g/mol. The summed E-state index contributed by atoms with van der Waals surface area (Å²) < 4.78 is 2.35. The van der Waals surface area contributed by atoms with Gasteiger partial charge in [-0.2, -0.15) is 0 Å². The Morgan fingerprint density at radius 2 is 1.62 bits per heavy atom. The van der Waals surface area contributed by atoms with E-state index in [2.05, 4.69) is 72.2 Å². The van der Waals surface area contributed by atoms with E-state index in [9.17, 15) is 4.79 Å². The zero-order valence-corrected chi connectivity index (χ0v) is 18.5. The lowest BCUT2D eigenvalue weighted by molar-refractivity contribution is -0.129. The van der Waals surface area contributed by atoms with Crippen molar-refractivity contribution in [3.63, 3.8) is 0 Å². The smallest absolute Gasteiger partial charge is 0.223 e. The van der Waals surface area contributed by atoms with Crippen LogP contribution in [0.2, 0.25) is 0 Å². The molecule has 0 saturated carbocycles. The number of nitrogens with zero attached hydrogens (tertiary/aromatic N) is 3. The topological polar surface area (TPSA) is 38.1 Å². The Morgan fingerprint density at radius 1 is 0.938 bits per heavy atom. The van der Waals surface area contributed by atoms with Gasteiger partial charge in [-0.05, 0) is 43.0 Å². The van der Waals surface area contributed by atoms with Crippen LogP contribution in [-0.4, -0.2) is 26.9 Å². The standard InChI is InChI=1S/C28H29N3O/c1-21(23-14-6-3-7-15-23)31-20-24(19-27(31)32)28-29-25-16-8-9-17-26(25)30(28)18-10-13-22-11-4-2-5-12-22/h2-9,11-12,14-17,21,24H,10,13,18-20H2,1H3. The van der Waals surface area contributed by atoms with Crippen molar-refractivity contribution < 1.29 is 4.79 Å². The number of aromatic nitrogens is 2. The van der Waals surface area contributed by atoms with Crippen molar-refractivity contribution in [2.24, 2.45) is 0 Å². The highest BCUT2D eigenvalue weighted by Crippen LogP contribution is 2.35. The Kier molecular flexibility index (Phi) is 5.76. The van der Waals surface area contributed by atoms with Gasteiger partial charge in [0, 0.05) is 25.4 Å². The van der Waals surface area contributed by atoms with Crippen molar-refractivity contribution in [3.05, 3.63) is 102 Å². The van der Waals surface area contributed by atoms with Crippen LogP contribution in [0.1, 0.15) is 48.7 Å². The van der Waals surface area contributed by atoms with Gasteiger partial charge in [-0.1, -0.05) is 72.8 Å². The predicted octanol–water partition coefficient (Wildman–Crippen LogP) is 5.75. The lowest BCUT2D eigenvalue weighted by atomic mass is 10.1. The molecule has 2 heterocycles. The van der Waals surface area contributed by atoms with E-state index >= 15 is 0 Å². The molecule has 162 valence electrons. The average molecular weight is 424 g/mol. The Morgan fingerprint density at radius 3 is 2.41 bits per heavy atom. The molecule has 1 fully saturated rings. The summed E-state index contributed by atoms with van der Waals surface area (Å²) in [5, 5.41) is 0. The molecule has 0 radical (unpaired) electrons. The number of benzene rings is 3. The van der Waals surface area contributed by atoms with E-state index in [1.54, 1.807) is 0 Å². The molecule has 2 unspecified atom stereocenters. The highest BCUT2D eigenvalue weighted by atomic mass is 16.2. The van der Waals surface area contributed by atoms with Gasteiger partial charge in [0.2, 0.25) is 5.91 Å². The maximum Gasteiger partial charge on any atom is 0.223 e. The molecular formula is C28H29N3O. The van der Waals surface area contributed by atoms with Gasteiger partial charge in [0.1, 0.15) is 5.82 Å². The molecule has 4 nitrogen and oxygen atoms in total. The van der Waals surface area contributed by atoms with Crippen molar-refractivity contribution in [3.8, 4) is 0 Å². The van der Waals surface area contributed by atoms with E-state index in [0.717, 1.165) is 42.8 Å². The van der Waals surface area contributed by atoms with Gasteiger partial charge in [-0.15, -0.1) is 0 Å². The minimum atomic E-state index is 0.0737. The number of rotatable bonds is 7. The summed E-state index contributed by atoms with van der Waals surface area (Å²) in [6.45, 7) is 3.75. The van der Waals surface area contributed by atoms with E-state index < -0.39 is 0 Å². The highest BCUT2D eigenvalue weighted by Gasteiger charge is 2.36. The molecule has 3 aromatic carbocycles. The second-order valence-corrected chi connectivity index (χ2v) is 8.73. The van der Waals surface area contributed by atoms with Gasteiger partial charge in [0.25, 0.3) is 0 Å². The molecule has 4 heteroatoms. The van der Waals surface area contributed by atoms with Crippen LogP contribution in [0.5, 0.6) is 0 Å². The minimum absolute atomic E-state index is 0.0737. The van der Waals surface area contributed by atoms with Crippen LogP contribution in [-0.2, 0) is 17.8 Å². The van der Waals surface area contributed by atoms with Crippen molar-refractivity contribution in [2.75, 3.05) is 6.54 Å². The lowest BCUT2D eigenvalue weighted by Crippen LogP contribution is -2.28. The number of imidazole rings is 1. The molecule has 4 aromatic rings. The van der Waals surface area contributed by atoms with Crippen molar-refractivity contribution >= 4 is 16.9 Å². The molecule has 1 saturated heterocycles. The summed E-state index contributed by atoms with van der Waals surface area (Å²) in [6, 6.07) is 29.3. The van der Waals surface area contributed by atoms with Crippen LogP contribution in [0.3, 0.4) is 0 Å². The molecule has 1 aliphatic heterocycles. The van der Waals surface area contributed by atoms with Crippen LogP contribution >= 0.6 is 0 Å². The summed E-state index contributed by atoms with van der Waals surface area (Å²) in [4.78, 5) is 20.0. The largest absolute Gasteiger partial charge is 0.335 e. The summed E-state index contributed by atoms with van der Waals surface area (Å²) in [5.74, 6) is 1.39. The zero-order chi connectivity index (χ0) is 21.9. The maximum atomic E-state index is 13.0. The molecule has 1 aromatic heterocycles. The maximum absolute atomic E-state index is 13.0. The van der Waals surface area contributed by atoms with Gasteiger partial charge in [0.05, 0.1) is 17.1 Å². The predicted molar refractivity (Wildman–Crippen MR) is 128 cm³/mol. The molecule has 2 atom stereocenters. The fraction of sp³-hybridized carbons (Fsp3) is 0.286. The lowest BCUT2D eigenvalue weighted by Gasteiger charge is -2.25. The number of para-hydroxylation sites is 2. The third kappa shape index (κ3) is 4.05. The Hall–Kier alpha value is -3.40. The van der Waals surface area contributed by atoms with Crippen LogP contribution < -0.4 is 0 Å². The second kappa shape index (κ2) is 8.99. The first kappa shape index (κ1) is 20.5. The summed E-state index contributed by atoms with van der Waals surface area (Å²) in [5.41, 5.74) is 4.72. The van der Waals surface area contributed by atoms with Crippen LogP contribution in [0.25, 0.3) is 11.0 Å². The van der Waals surface area contributed by atoms with Crippen molar-refractivity contribution in [1.29, 1.82) is 0 Å². The molecule has 5 rings (SSSR count). The van der Waals surface area contributed by atoms with Crippen LogP contribution in [0.4, 0.5) is 0 Å². The van der Waals surface area contributed by atoms with E-state index in [1.807, 2.05) is 29.2 Å². The average Bonchev–Trinajstić information content (AvgIpc) is 3.40. The SMILES string of the molecule is CC(c1ccccc1)N1CC(c2nc3ccccc3n2CCCc2ccccc2)CC1=O. The quantitative estimate of drug-likeness (QED) is 0.380. The molecule has 32 heavy (non-hydrogen) atoms. The molecule has 0 bridgehead atoms. The second-order valence-electron chi connectivity index (χ2n) is 8.73. The first-order valence-electron chi connectivity index (χ1n) is 11.5. The third-order valence-electron chi connectivity index (χ3n) is 6.65. The number of amides is 1. The summed E-state index contributed by atoms with van der Waals surface area (Å²) >= 11 is 0. The molecule has 1 amide bonds. The highest BCUT2D eigenvalue weighted by molar-refractivity contribution is 5.81. The summed E-state index contributed by atoms with van der Waals surface area (Å²) in [7, 11) is 0. The van der Waals surface area contributed by atoms with E-state index in [0.29, 0.717) is 6.42 Å². The first-order chi connectivity index (χ1) is 15.7. The molecule has 1 aliphatic rings. The molecule has 0 aliphatic carbocycles. The number of carbonyl (C=O) groups is 1. The minimum Gasteiger partial charge on any atom is -0.335 e. The Balaban J connectivity index is 1.39. The first-order valence-corrected chi connectivity index (χ1v) is 11.5.